The Labute approximate surface area is 395 Å². The number of aryl methyl sites for hydroxylation is 3. The molecule has 4 aromatic carbocycles. The van der Waals surface area contributed by atoms with E-state index in [2.05, 4.69) is 47.4 Å². The van der Waals surface area contributed by atoms with Gasteiger partial charge in [0.25, 0.3) is 9.05 Å². The summed E-state index contributed by atoms with van der Waals surface area (Å²) in [6.45, 7) is 11.8. The molecule has 24 heteroatoms. The zero-order valence-corrected chi connectivity index (χ0v) is 38.9. The molecule has 0 aliphatic rings. The molecule has 0 atom stereocenters. The fourth-order valence-electron chi connectivity index (χ4n) is 4.15. The van der Waals surface area contributed by atoms with Gasteiger partial charge in [0.05, 0.1) is 36.7 Å². The van der Waals surface area contributed by atoms with Crippen LogP contribution in [0.2, 0.25) is 5.28 Å². The van der Waals surface area contributed by atoms with Crippen LogP contribution in [0.1, 0.15) is 37.5 Å². The second-order valence-corrected chi connectivity index (χ2v) is 15.3. The summed E-state index contributed by atoms with van der Waals surface area (Å²) in [7, 11) is 2.78. The number of nitrogens with one attached hydrogen (secondary N) is 1. The lowest BCUT2D eigenvalue weighted by Crippen LogP contribution is -2.16. The Morgan fingerprint density at radius 1 is 0.746 bits per heavy atom. The molecule has 0 spiro atoms. The Hall–Kier alpha value is -6.68. The number of nitrogens with two attached hydrogens (primary N) is 1. The van der Waals surface area contributed by atoms with Crippen LogP contribution in [-0.4, -0.2) is 69.3 Å². The lowest BCUT2D eigenvalue weighted by Gasteiger charge is -2.08. The van der Waals surface area contributed by atoms with Crippen molar-refractivity contribution < 1.29 is 72.9 Å². The van der Waals surface area contributed by atoms with E-state index < -0.39 is 72.3 Å². The molecule has 5 rings (SSSR count). The van der Waals surface area contributed by atoms with E-state index in [4.69, 9.17) is 39.6 Å². The van der Waals surface area contributed by atoms with Crippen LogP contribution in [0, 0.1) is 55.7 Å². The maximum Gasteiger partial charge on any atom is 0.412 e. The molecule has 362 valence electrons. The third kappa shape index (κ3) is 24.4. The molecule has 0 fully saturated rings. The first kappa shape index (κ1) is 60.3. The van der Waals surface area contributed by atoms with Crippen LogP contribution in [0.3, 0.4) is 0 Å². The SMILES string of the molecule is C=CCOC(=O)Cl.C=CCOC(=O)Nc1cccc(C(=O)OC)c1F.COC(=O)c1cccc(N)c1F.Cc1cc(F)c(S(=O)(=O)Cl)c(F)c1.Cc1cc(F)cc(F)c1.Cc1ccnc(Cl)n1. The molecule has 1 aromatic heterocycles. The standard InChI is InChI=1S/C12H12FNO4.C8H8FNO2.C7H5ClF2O2S.C7H6F2.C5H5ClN2.C4H5ClO2/c1-3-7-18-12(16)14-9-6-4-5-8(10(9)13)11(15)17-2;1-12-8(11)5-3-2-4-6(10)7(5)9;1-4-2-5(9)7(6(10)3-4)13(8,11)12;1-5-2-6(8)4-7(9)3-5;1-4-2-3-7-5(6)8-4;1-2-3-7-4(5)6/h3-6H,1,7H2,2H3,(H,14,16);2-4H,10H2,1H3;2-3H,1H3;2-4H,1H3;2-3H,1H3;2H,1,3H2. The Balaban J connectivity index is 0.000000803. The first-order valence-corrected chi connectivity index (χ1v) is 21.1. The quantitative estimate of drug-likeness (QED) is 0.0283. The number of rotatable bonds is 8. The summed E-state index contributed by atoms with van der Waals surface area (Å²) < 4.78 is 116. The van der Waals surface area contributed by atoms with Crippen LogP contribution >= 0.6 is 33.9 Å². The summed E-state index contributed by atoms with van der Waals surface area (Å²) in [5.41, 5.74) is 5.60. The number of benzene rings is 4. The maximum absolute atomic E-state index is 13.8. The molecule has 3 N–H and O–H groups in total. The van der Waals surface area contributed by atoms with E-state index in [1.54, 1.807) is 19.2 Å². The average molecular weight is 1030 g/mol. The second kappa shape index (κ2) is 31.3. The minimum atomic E-state index is -4.36. The van der Waals surface area contributed by atoms with Crippen LogP contribution in [0.15, 0.2) is 109 Å². The largest absolute Gasteiger partial charge is 0.465 e. The molecule has 0 bridgehead atoms. The molecule has 0 radical (unpaired) electrons. The zero-order chi connectivity index (χ0) is 51.4. The molecular weight excluding hydrogens is 985 g/mol. The second-order valence-electron chi connectivity index (χ2n) is 12.1. The number of methoxy groups -OCH3 is 2. The lowest BCUT2D eigenvalue weighted by atomic mass is 10.2. The number of nitrogens with zero attached hydrogens (tertiary/aromatic N) is 2. The zero-order valence-electron chi connectivity index (χ0n) is 35.9. The molecule has 0 saturated carbocycles. The van der Waals surface area contributed by atoms with Gasteiger partial charge in [0.15, 0.2) is 16.5 Å². The molecule has 0 aliphatic heterocycles. The molecule has 0 saturated heterocycles. The van der Waals surface area contributed by atoms with Gasteiger partial charge in [-0.25, -0.2) is 63.9 Å². The van der Waals surface area contributed by atoms with Crippen LogP contribution < -0.4 is 11.1 Å². The van der Waals surface area contributed by atoms with E-state index in [-0.39, 0.29) is 35.7 Å². The number of hydrogen-bond donors (Lipinski definition) is 2. The highest BCUT2D eigenvalue weighted by Gasteiger charge is 2.22. The van der Waals surface area contributed by atoms with Crippen LogP contribution in [-0.2, 0) is 28.0 Å². The van der Waals surface area contributed by atoms with E-state index in [1.807, 2.05) is 6.92 Å². The summed E-state index contributed by atoms with van der Waals surface area (Å²) >= 11 is 10.2. The van der Waals surface area contributed by atoms with Gasteiger partial charge in [0, 0.05) is 40.2 Å². The fraction of sp³-hybridized carbons (Fsp3) is 0.163. The average Bonchev–Trinajstić information content (AvgIpc) is 3.23. The number of carbonyl (C=O) groups excluding carboxylic acids is 4. The molecule has 5 aromatic rings. The van der Waals surface area contributed by atoms with Gasteiger partial charge in [0.1, 0.15) is 36.5 Å². The minimum Gasteiger partial charge on any atom is -0.465 e. The van der Waals surface area contributed by atoms with E-state index in [9.17, 15) is 53.9 Å². The van der Waals surface area contributed by atoms with Crippen LogP contribution in [0.25, 0.3) is 0 Å². The minimum absolute atomic E-state index is 0.00411. The number of esters is 2. The summed E-state index contributed by atoms with van der Waals surface area (Å²) in [5.74, 6) is -6.54. The van der Waals surface area contributed by atoms with Gasteiger partial charge in [-0.1, -0.05) is 37.4 Å². The lowest BCUT2D eigenvalue weighted by molar-refractivity contribution is 0.0586. The number of nitrogen functional groups attached to an aromatic ring is 1. The normalized spacial score (nSPS) is 9.70. The topological polar surface area (TPSA) is 203 Å². The Bertz CT molecular complexity index is 2510. The van der Waals surface area contributed by atoms with Gasteiger partial charge in [0.2, 0.25) is 5.28 Å². The monoisotopic (exact) mass is 1020 g/mol. The van der Waals surface area contributed by atoms with Gasteiger partial charge in [-0.3, -0.25) is 5.32 Å². The maximum atomic E-state index is 13.8. The van der Waals surface area contributed by atoms with Crippen molar-refractivity contribution in [2.45, 2.75) is 25.7 Å². The Morgan fingerprint density at radius 2 is 1.22 bits per heavy atom. The van der Waals surface area contributed by atoms with Crippen molar-refractivity contribution in [1.82, 2.24) is 9.97 Å². The first-order chi connectivity index (χ1) is 31.3. The molecule has 14 nitrogen and oxygen atoms in total. The molecule has 67 heavy (non-hydrogen) atoms. The number of ether oxygens (including phenoxy) is 4. The van der Waals surface area contributed by atoms with E-state index in [1.165, 1.54) is 74.7 Å². The molecular formula is C43H41Cl3F6N4O10S. The highest BCUT2D eigenvalue weighted by atomic mass is 35.7. The fourth-order valence-corrected chi connectivity index (χ4v) is 5.43. The van der Waals surface area contributed by atoms with Gasteiger partial charge >= 0.3 is 23.5 Å². The van der Waals surface area contributed by atoms with Crippen molar-refractivity contribution >= 4 is 77.8 Å². The van der Waals surface area contributed by atoms with E-state index in [0.717, 1.165) is 31.0 Å². The predicted octanol–water partition coefficient (Wildman–Crippen LogP) is 11.0. The van der Waals surface area contributed by atoms with Crippen molar-refractivity contribution in [2.24, 2.45) is 0 Å². The number of amides is 1. The van der Waals surface area contributed by atoms with Crippen molar-refractivity contribution in [3.8, 4) is 0 Å². The predicted molar refractivity (Wildman–Crippen MR) is 239 cm³/mol. The molecule has 0 aliphatic carbocycles. The van der Waals surface area contributed by atoms with Crippen molar-refractivity contribution in [3.05, 3.63) is 172 Å². The van der Waals surface area contributed by atoms with Crippen molar-refractivity contribution in [2.75, 3.05) is 38.5 Å². The molecule has 0 unspecified atom stereocenters. The third-order valence-corrected chi connectivity index (χ3v) is 8.51. The summed E-state index contributed by atoms with van der Waals surface area (Å²) in [5, 5.41) is 2.48. The first-order valence-electron chi connectivity index (χ1n) is 18.1. The van der Waals surface area contributed by atoms with Gasteiger partial charge in [-0.15, -0.1) is 0 Å². The van der Waals surface area contributed by atoms with Crippen LogP contribution in [0.4, 0.5) is 47.3 Å². The van der Waals surface area contributed by atoms with Crippen molar-refractivity contribution in [3.63, 3.8) is 0 Å². The van der Waals surface area contributed by atoms with Gasteiger partial charge in [-0.2, -0.15) is 0 Å². The van der Waals surface area contributed by atoms with Crippen molar-refractivity contribution in [1.29, 1.82) is 0 Å². The van der Waals surface area contributed by atoms with Gasteiger partial charge in [-0.05, 0) is 98.1 Å². The third-order valence-electron chi connectivity index (χ3n) is 6.88. The van der Waals surface area contributed by atoms with E-state index in [0.29, 0.717) is 16.4 Å². The Kier molecular flexibility index (Phi) is 28.2. The summed E-state index contributed by atoms with van der Waals surface area (Å²) in [4.78, 5) is 49.4. The van der Waals surface area contributed by atoms with Gasteiger partial charge < -0.3 is 24.7 Å². The number of aromatic nitrogens is 2. The van der Waals surface area contributed by atoms with E-state index >= 15 is 0 Å². The molecule has 1 heterocycles. The molecule has 1 amide bonds. The van der Waals surface area contributed by atoms with Crippen LogP contribution in [0.5, 0.6) is 0 Å². The number of anilines is 2. The number of carbonyl (C=O) groups is 4. The summed E-state index contributed by atoms with van der Waals surface area (Å²) in [6.07, 6.45) is 3.61. The highest BCUT2D eigenvalue weighted by molar-refractivity contribution is 8.13. The number of halogens is 9. The Morgan fingerprint density at radius 3 is 1.63 bits per heavy atom. The number of hydrogen-bond acceptors (Lipinski definition) is 13. The smallest absolute Gasteiger partial charge is 0.412 e. The highest BCUT2D eigenvalue weighted by Crippen LogP contribution is 2.23. The summed E-state index contributed by atoms with van der Waals surface area (Å²) in [6, 6.07) is 15.2.